The van der Waals surface area contributed by atoms with Crippen molar-refractivity contribution >= 4 is 12.2 Å². The van der Waals surface area contributed by atoms with Gasteiger partial charge in [0.25, 0.3) is 6.16 Å². The number of nitrogens with zero attached hydrogens (tertiary/aromatic N) is 1. The van der Waals surface area contributed by atoms with Gasteiger partial charge in [0.05, 0.1) is 6.54 Å². The van der Waals surface area contributed by atoms with Gasteiger partial charge in [-0.05, 0) is 0 Å². The van der Waals surface area contributed by atoms with E-state index in [4.69, 9.17) is 0 Å². The Morgan fingerprint density at radius 3 is 2.90 bits per heavy atom. The summed E-state index contributed by atoms with van der Waals surface area (Å²) in [6, 6.07) is 0. The molecule has 50 valence electrons. The van der Waals surface area contributed by atoms with Crippen molar-refractivity contribution in [2.45, 2.75) is 0 Å². The number of ether oxygens (including phenoxy) is 2. The molecule has 0 aliphatic carbocycles. The third-order valence-electron chi connectivity index (χ3n) is 0.728. The fourth-order valence-corrected chi connectivity index (χ4v) is 0.449. The van der Waals surface area contributed by atoms with Crippen LogP contribution in [0.3, 0.4) is 0 Å². The van der Waals surface area contributed by atoms with Gasteiger partial charge in [0, 0.05) is 0 Å². The van der Waals surface area contributed by atoms with Crippen molar-refractivity contribution < 1.29 is 48.9 Å². The van der Waals surface area contributed by atoms with Crippen LogP contribution in [-0.2, 0) is 9.47 Å². The van der Waals surface area contributed by atoms with E-state index in [1.54, 1.807) is 0 Å². The Morgan fingerprint density at radius 1 is 1.80 bits per heavy atom. The number of hydrogen-bond acceptors (Lipinski definition) is 5. The molecule has 0 aromatic rings. The standard InChI is InChI=1S/C4H5NO4.Na/c6-4(7)9-3-5-1-2-8-3;/h1-2H2,(H,6,7);/q;+1/p-1. The van der Waals surface area contributed by atoms with Gasteiger partial charge in [0.1, 0.15) is 6.61 Å². The van der Waals surface area contributed by atoms with Crippen molar-refractivity contribution in [3.8, 4) is 0 Å². The van der Waals surface area contributed by atoms with Gasteiger partial charge in [0.2, 0.25) is 0 Å². The molecule has 1 aliphatic heterocycles. The van der Waals surface area contributed by atoms with E-state index in [0.717, 1.165) is 0 Å². The average Bonchev–Trinajstić information content (AvgIpc) is 2.15. The fourth-order valence-electron chi connectivity index (χ4n) is 0.449. The Bertz CT molecular complexity index is 157. The third-order valence-corrected chi connectivity index (χ3v) is 0.728. The second-order valence-corrected chi connectivity index (χ2v) is 1.35. The third kappa shape index (κ3) is 3.05. The first-order valence-electron chi connectivity index (χ1n) is 2.35. The summed E-state index contributed by atoms with van der Waals surface area (Å²) >= 11 is 0. The van der Waals surface area contributed by atoms with Gasteiger partial charge in [-0.15, -0.1) is 0 Å². The Hall–Kier alpha value is -0.260. The normalized spacial score (nSPS) is 14.6. The summed E-state index contributed by atoms with van der Waals surface area (Å²) in [5.74, 6) is 0. The van der Waals surface area contributed by atoms with Crippen LogP contribution < -0.4 is 34.7 Å². The van der Waals surface area contributed by atoms with Crippen molar-refractivity contribution in [2.75, 3.05) is 13.2 Å². The summed E-state index contributed by atoms with van der Waals surface area (Å²) in [4.78, 5) is 13.2. The van der Waals surface area contributed by atoms with Crippen LogP contribution in [0.2, 0.25) is 0 Å². The number of carbonyl (C=O) groups excluding carboxylic acids is 1. The van der Waals surface area contributed by atoms with Crippen LogP contribution in [0.5, 0.6) is 0 Å². The summed E-state index contributed by atoms with van der Waals surface area (Å²) in [7, 11) is 0. The SMILES string of the molecule is O=C([O-])OC1=NCCO1.[Na+]. The first-order chi connectivity index (χ1) is 4.29. The molecular formula is C4H4NNaO4. The molecule has 0 fully saturated rings. The van der Waals surface area contributed by atoms with Gasteiger partial charge in [-0.2, -0.15) is 0 Å². The average molecular weight is 153 g/mol. The van der Waals surface area contributed by atoms with Crippen molar-refractivity contribution in [1.82, 2.24) is 0 Å². The van der Waals surface area contributed by atoms with Gasteiger partial charge in [-0.25, -0.2) is 4.99 Å². The Kier molecular flexibility index (Phi) is 4.42. The van der Waals surface area contributed by atoms with Crippen LogP contribution in [0.1, 0.15) is 0 Å². The van der Waals surface area contributed by atoms with Gasteiger partial charge in [-0.1, -0.05) is 0 Å². The molecule has 1 rings (SSSR count). The molecular weight excluding hydrogens is 149 g/mol. The summed E-state index contributed by atoms with van der Waals surface area (Å²) in [5.41, 5.74) is 0. The number of hydrogen-bond donors (Lipinski definition) is 0. The minimum atomic E-state index is -1.64. The van der Waals surface area contributed by atoms with E-state index in [0.29, 0.717) is 13.2 Å². The number of aliphatic imine (C=N–C) groups is 1. The van der Waals surface area contributed by atoms with Gasteiger partial charge >= 0.3 is 35.6 Å². The van der Waals surface area contributed by atoms with Crippen molar-refractivity contribution in [1.29, 1.82) is 0 Å². The molecule has 5 nitrogen and oxygen atoms in total. The molecule has 0 unspecified atom stereocenters. The van der Waals surface area contributed by atoms with Gasteiger partial charge in [0.15, 0.2) is 0 Å². The first kappa shape index (κ1) is 9.74. The summed E-state index contributed by atoms with van der Waals surface area (Å²) in [6.45, 7) is 0.825. The molecule has 1 heterocycles. The maximum Gasteiger partial charge on any atom is 1.00 e. The van der Waals surface area contributed by atoms with E-state index in [-0.39, 0.29) is 35.6 Å². The molecule has 0 spiro atoms. The van der Waals surface area contributed by atoms with E-state index in [2.05, 4.69) is 14.5 Å². The van der Waals surface area contributed by atoms with Crippen LogP contribution >= 0.6 is 0 Å². The van der Waals surface area contributed by atoms with E-state index in [1.807, 2.05) is 0 Å². The maximum atomic E-state index is 9.66. The molecule has 10 heavy (non-hydrogen) atoms. The largest absolute Gasteiger partial charge is 1.00 e. The molecule has 1 aliphatic rings. The minimum Gasteiger partial charge on any atom is -0.469 e. The second-order valence-electron chi connectivity index (χ2n) is 1.35. The number of carboxylic acid groups (broad SMARTS) is 1. The zero-order chi connectivity index (χ0) is 6.69. The molecule has 0 atom stereocenters. The topological polar surface area (TPSA) is 71.0 Å². The Labute approximate surface area is 79.3 Å². The molecule has 0 aromatic carbocycles. The zero-order valence-corrected chi connectivity index (χ0v) is 7.49. The summed E-state index contributed by atoms with van der Waals surface area (Å²) < 4.78 is 8.52. The molecule has 0 saturated carbocycles. The Balaban J connectivity index is 0.000000810. The summed E-state index contributed by atoms with van der Waals surface area (Å²) in [5, 5.41) is 9.66. The van der Waals surface area contributed by atoms with Gasteiger partial charge in [-0.3, -0.25) is 0 Å². The van der Waals surface area contributed by atoms with Crippen LogP contribution in [0.25, 0.3) is 0 Å². The molecule has 0 radical (unpaired) electrons. The predicted octanol–water partition coefficient (Wildman–Crippen LogP) is -4.26. The molecule has 0 saturated heterocycles. The van der Waals surface area contributed by atoms with E-state index in [9.17, 15) is 9.90 Å². The summed E-state index contributed by atoms with van der Waals surface area (Å²) in [6.07, 6.45) is -1.86. The number of rotatable bonds is 0. The van der Waals surface area contributed by atoms with E-state index in [1.165, 1.54) is 0 Å². The minimum absolute atomic E-state index is 0. The molecule has 0 aromatic heterocycles. The predicted molar refractivity (Wildman–Crippen MR) is 24.7 cm³/mol. The zero-order valence-electron chi connectivity index (χ0n) is 5.49. The molecule has 0 bridgehead atoms. The molecule has 0 N–H and O–H groups in total. The molecule has 0 amide bonds. The maximum absolute atomic E-state index is 9.66. The van der Waals surface area contributed by atoms with Crippen molar-refractivity contribution in [3.05, 3.63) is 0 Å². The van der Waals surface area contributed by atoms with Crippen LogP contribution in [-0.4, -0.2) is 25.4 Å². The van der Waals surface area contributed by atoms with Crippen LogP contribution in [0, 0.1) is 0 Å². The van der Waals surface area contributed by atoms with E-state index >= 15 is 0 Å². The fraction of sp³-hybridized carbons (Fsp3) is 0.500. The quantitative estimate of drug-likeness (QED) is 0.261. The van der Waals surface area contributed by atoms with Gasteiger partial charge < -0.3 is 19.4 Å². The number of carbonyl (C=O) groups is 1. The second kappa shape index (κ2) is 4.54. The molecule has 6 heteroatoms. The first-order valence-corrected chi connectivity index (χ1v) is 2.35. The van der Waals surface area contributed by atoms with E-state index < -0.39 is 6.16 Å². The van der Waals surface area contributed by atoms with Crippen molar-refractivity contribution in [2.24, 2.45) is 4.99 Å². The smallest absolute Gasteiger partial charge is 0.469 e. The van der Waals surface area contributed by atoms with Crippen molar-refractivity contribution in [3.63, 3.8) is 0 Å². The van der Waals surface area contributed by atoms with Crippen LogP contribution in [0.15, 0.2) is 4.99 Å². The Morgan fingerprint density at radius 2 is 2.50 bits per heavy atom. The van der Waals surface area contributed by atoms with Crippen LogP contribution in [0.4, 0.5) is 4.79 Å². The monoisotopic (exact) mass is 153 g/mol.